The maximum atomic E-state index is 11.9. The molecule has 1 rings (SSSR count). The summed E-state index contributed by atoms with van der Waals surface area (Å²) in [6.07, 6.45) is -3.96. The zero-order valence-electron chi connectivity index (χ0n) is 10.1. The smallest absolute Gasteiger partial charge is 0.454 e. The standard InChI is InChI=1S/C11H9F3N2O4/c1-20-9-3-2-7(16(18)19)6-8(9)15-5-4-10(17)11(12,13)14/h2-6,15H,1H3/b5-4+. The topological polar surface area (TPSA) is 81.5 Å². The van der Waals surface area contributed by atoms with Crippen LogP contribution in [0, 0.1) is 10.1 Å². The number of ether oxygens (including phenoxy) is 1. The van der Waals surface area contributed by atoms with Crippen molar-refractivity contribution in [1.29, 1.82) is 0 Å². The van der Waals surface area contributed by atoms with E-state index in [0.29, 0.717) is 0 Å². The molecular formula is C11H9F3N2O4. The average Bonchev–Trinajstić information content (AvgIpc) is 2.37. The van der Waals surface area contributed by atoms with Crippen molar-refractivity contribution in [2.75, 3.05) is 12.4 Å². The number of halogens is 3. The van der Waals surface area contributed by atoms with Gasteiger partial charge in [0, 0.05) is 24.4 Å². The normalized spacial score (nSPS) is 11.4. The molecule has 0 unspecified atom stereocenters. The molecule has 1 N–H and O–H groups in total. The molecule has 0 fully saturated rings. The van der Waals surface area contributed by atoms with E-state index >= 15 is 0 Å². The van der Waals surface area contributed by atoms with Gasteiger partial charge >= 0.3 is 6.18 Å². The van der Waals surface area contributed by atoms with Crippen LogP contribution in [0.3, 0.4) is 0 Å². The van der Waals surface area contributed by atoms with Gasteiger partial charge in [0.1, 0.15) is 5.75 Å². The maximum Gasteiger partial charge on any atom is 0.454 e. The van der Waals surface area contributed by atoms with Crippen LogP contribution >= 0.6 is 0 Å². The van der Waals surface area contributed by atoms with Gasteiger partial charge in [-0.25, -0.2) is 0 Å². The fraction of sp³-hybridized carbons (Fsp3) is 0.182. The molecule has 9 heteroatoms. The summed E-state index contributed by atoms with van der Waals surface area (Å²) >= 11 is 0. The monoisotopic (exact) mass is 290 g/mol. The van der Waals surface area contributed by atoms with Crippen molar-refractivity contribution in [2.45, 2.75) is 6.18 Å². The number of methoxy groups -OCH3 is 1. The van der Waals surface area contributed by atoms with Crippen LogP contribution in [0.25, 0.3) is 0 Å². The Bertz CT molecular complexity index is 555. The number of nitrogens with one attached hydrogen (secondary N) is 1. The van der Waals surface area contributed by atoms with Gasteiger partial charge in [0.05, 0.1) is 17.7 Å². The van der Waals surface area contributed by atoms with Gasteiger partial charge in [-0.05, 0) is 6.07 Å². The van der Waals surface area contributed by atoms with Gasteiger partial charge in [0.15, 0.2) is 0 Å². The molecule has 20 heavy (non-hydrogen) atoms. The predicted octanol–water partition coefficient (Wildman–Crippen LogP) is 2.66. The molecule has 0 aromatic heterocycles. The van der Waals surface area contributed by atoms with E-state index in [-0.39, 0.29) is 23.2 Å². The molecule has 1 aromatic carbocycles. The van der Waals surface area contributed by atoms with E-state index in [1.54, 1.807) is 0 Å². The summed E-state index contributed by atoms with van der Waals surface area (Å²) < 4.78 is 40.7. The lowest BCUT2D eigenvalue weighted by Crippen LogP contribution is -2.20. The molecule has 0 spiro atoms. The fourth-order valence-electron chi connectivity index (χ4n) is 1.22. The number of ketones is 1. The van der Waals surface area contributed by atoms with Gasteiger partial charge in [-0.3, -0.25) is 14.9 Å². The highest BCUT2D eigenvalue weighted by Gasteiger charge is 2.36. The first-order valence-corrected chi connectivity index (χ1v) is 5.12. The highest BCUT2D eigenvalue weighted by atomic mass is 19.4. The third-order valence-electron chi connectivity index (χ3n) is 2.15. The number of nitro benzene ring substituents is 1. The molecule has 0 atom stereocenters. The molecule has 0 aliphatic carbocycles. The first kappa shape index (κ1) is 15.5. The van der Waals surface area contributed by atoms with Gasteiger partial charge in [-0.15, -0.1) is 0 Å². The molecule has 0 aliphatic rings. The number of rotatable bonds is 5. The maximum absolute atomic E-state index is 11.9. The van der Waals surface area contributed by atoms with Gasteiger partial charge in [-0.2, -0.15) is 13.2 Å². The molecule has 108 valence electrons. The summed E-state index contributed by atoms with van der Waals surface area (Å²) in [7, 11) is 1.29. The van der Waals surface area contributed by atoms with Crippen molar-refractivity contribution in [3.05, 3.63) is 40.6 Å². The van der Waals surface area contributed by atoms with E-state index < -0.39 is 16.9 Å². The van der Waals surface area contributed by atoms with Gasteiger partial charge in [0.2, 0.25) is 0 Å². The largest absolute Gasteiger partial charge is 0.495 e. The lowest BCUT2D eigenvalue weighted by molar-refractivity contribution is -0.384. The summed E-state index contributed by atoms with van der Waals surface area (Å²) in [5, 5.41) is 12.9. The van der Waals surface area contributed by atoms with Crippen LogP contribution in [0.4, 0.5) is 24.5 Å². The number of carbonyl (C=O) groups excluding carboxylic acids is 1. The Morgan fingerprint density at radius 2 is 2.10 bits per heavy atom. The van der Waals surface area contributed by atoms with Crippen LogP contribution < -0.4 is 10.1 Å². The molecule has 0 aliphatic heterocycles. The second-order valence-corrected chi connectivity index (χ2v) is 3.48. The number of hydrogen-bond acceptors (Lipinski definition) is 5. The number of anilines is 1. The minimum atomic E-state index is -4.97. The van der Waals surface area contributed by atoms with Crippen molar-refractivity contribution < 1.29 is 27.6 Å². The Labute approximate surface area is 111 Å². The molecule has 0 heterocycles. The number of nitro groups is 1. The Morgan fingerprint density at radius 1 is 1.45 bits per heavy atom. The lowest BCUT2D eigenvalue weighted by atomic mass is 10.2. The van der Waals surface area contributed by atoms with Crippen LogP contribution in [0.15, 0.2) is 30.5 Å². The fourth-order valence-corrected chi connectivity index (χ4v) is 1.22. The Balaban J connectivity index is 2.91. The summed E-state index contributed by atoms with van der Waals surface area (Å²) in [5.41, 5.74) is -0.211. The average molecular weight is 290 g/mol. The molecule has 6 nitrogen and oxygen atoms in total. The molecule has 0 radical (unpaired) electrons. The minimum Gasteiger partial charge on any atom is -0.495 e. The zero-order chi connectivity index (χ0) is 15.3. The van der Waals surface area contributed by atoms with E-state index in [4.69, 9.17) is 4.74 Å². The van der Waals surface area contributed by atoms with Crippen molar-refractivity contribution >= 4 is 17.2 Å². The molecule has 0 saturated carbocycles. The number of benzene rings is 1. The summed E-state index contributed by atoms with van der Waals surface area (Å²) in [6.45, 7) is 0. The van der Waals surface area contributed by atoms with Gasteiger partial charge in [0.25, 0.3) is 11.5 Å². The van der Waals surface area contributed by atoms with Crippen molar-refractivity contribution in [1.82, 2.24) is 0 Å². The number of hydrogen-bond donors (Lipinski definition) is 1. The molecule has 0 saturated heterocycles. The Hall–Kier alpha value is -2.58. The van der Waals surface area contributed by atoms with E-state index in [9.17, 15) is 28.1 Å². The molecular weight excluding hydrogens is 281 g/mol. The number of allylic oxidation sites excluding steroid dienone is 1. The quantitative estimate of drug-likeness (QED) is 0.512. The predicted molar refractivity (Wildman–Crippen MR) is 63.5 cm³/mol. The summed E-state index contributed by atoms with van der Waals surface area (Å²) in [6, 6.07) is 3.52. The Morgan fingerprint density at radius 3 is 2.60 bits per heavy atom. The van der Waals surface area contributed by atoms with Crippen molar-refractivity contribution in [3.63, 3.8) is 0 Å². The van der Waals surface area contributed by atoms with Crippen LogP contribution in [0.2, 0.25) is 0 Å². The van der Waals surface area contributed by atoms with Crippen LogP contribution in [0.1, 0.15) is 0 Å². The third-order valence-corrected chi connectivity index (χ3v) is 2.15. The van der Waals surface area contributed by atoms with Crippen LogP contribution in [-0.2, 0) is 4.79 Å². The highest BCUT2D eigenvalue weighted by Crippen LogP contribution is 2.28. The van der Waals surface area contributed by atoms with E-state index in [0.717, 1.165) is 12.3 Å². The van der Waals surface area contributed by atoms with Crippen molar-refractivity contribution in [3.8, 4) is 5.75 Å². The highest BCUT2D eigenvalue weighted by molar-refractivity contribution is 5.94. The number of carbonyl (C=O) groups is 1. The number of non-ortho nitro benzene ring substituents is 1. The Kier molecular flexibility index (Phi) is 4.68. The van der Waals surface area contributed by atoms with Gasteiger partial charge in [-0.1, -0.05) is 0 Å². The van der Waals surface area contributed by atoms with E-state index in [2.05, 4.69) is 5.32 Å². The number of alkyl halides is 3. The first-order chi connectivity index (χ1) is 9.25. The molecule has 0 bridgehead atoms. The van der Waals surface area contributed by atoms with E-state index in [1.165, 1.54) is 19.2 Å². The van der Waals surface area contributed by atoms with Crippen LogP contribution in [0.5, 0.6) is 5.75 Å². The minimum absolute atomic E-state index is 0.0629. The lowest BCUT2D eigenvalue weighted by Gasteiger charge is -2.07. The van der Waals surface area contributed by atoms with Crippen LogP contribution in [-0.4, -0.2) is 24.0 Å². The second kappa shape index (κ2) is 6.04. The molecule has 0 amide bonds. The number of nitrogens with zero attached hydrogens (tertiary/aromatic N) is 1. The molecule has 1 aromatic rings. The third kappa shape index (κ3) is 3.97. The summed E-state index contributed by atoms with van der Waals surface area (Å²) in [5.74, 6) is -1.87. The first-order valence-electron chi connectivity index (χ1n) is 5.12. The summed E-state index contributed by atoms with van der Waals surface area (Å²) in [4.78, 5) is 20.5. The SMILES string of the molecule is COc1ccc([N+](=O)[O-])cc1N/C=C/C(=O)C(F)(F)F. The zero-order valence-corrected chi connectivity index (χ0v) is 10.1. The second-order valence-electron chi connectivity index (χ2n) is 3.48. The van der Waals surface area contributed by atoms with Gasteiger partial charge < -0.3 is 10.1 Å². The van der Waals surface area contributed by atoms with Crippen molar-refractivity contribution in [2.24, 2.45) is 0 Å². The van der Waals surface area contributed by atoms with E-state index in [1.807, 2.05) is 0 Å².